The van der Waals surface area contributed by atoms with Crippen molar-refractivity contribution in [3.63, 3.8) is 0 Å². The summed E-state index contributed by atoms with van der Waals surface area (Å²) in [4.78, 5) is 16.7. The quantitative estimate of drug-likeness (QED) is 0.514. The van der Waals surface area contributed by atoms with Crippen LogP contribution in [-0.2, 0) is 4.79 Å². The highest BCUT2D eigenvalue weighted by Gasteiger charge is 2.26. The fourth-order valence-electron chi connectivity index (χ4n) is 3.89. The van der Waals surface area contributed by atoms with Gasteiger partial charge in [-0.15, -0.1) is 11.8 Å². The van der Waals surface area contributed by atoms with Crippen molar-refractivity contribution in [3.05, 3.63) is 90.5 Å². The van der Waals surface area contributed by atoms with Gasteiger partial charge in [0.1, 0.15) is 11.0 Å². The Labute approximate surface area is 188 Å². The molecule has 1 atom stereocenters. The topological polar surface area (TPSA) is 41.6 Å². The Morgan fingerprint density at radius 1 is 0.935 bits per heavy atom. The fourth-order valence-corrected chi connectivity index (χ4v) is 4.94. The van der Waals surface area contributed by atoms with Crippen molar-refractivity contribution in [1.29, 1.82) is 0 Å². The maximum Gasteiger partial charge on any atom is 0.238 e. The summed E-state index contributed by atoms with van der Waals surface area (Å²) in [5, 5.41) is 3.06. The molecule has 1 aliphatic rings. The number of rotatable bonds is 7. The summed E-state index contributed by atoms with van der Waals surface area (Å²) in [5.41, 5.74) is 2.23. The van der Waals surface area contributed by atoms with Gasteiger partial charge in [0.05, 0.1) is 7.11 Å². The second-order valence-corrected chi connectivity index (χ2v) is 8.87. The van der Waals surface area contributed by atoms with Crippen LogP contribution in [0.2, 0.25) is 0 Å². The van der Waals surface area contributed by atoms with E-state index in [1.807, 2.05) is 60.7 Å². The van der Waals surface area contributed by atoms with Gasteiger partial charge in [-0.1, -0.05) is 48.5 Å². The van der Waals surface area contributed by atoms with E-state index in [2.05, 4.69) is 34.5 Å². The summed E-state index contributed by atoms with van der Waals surface area (Å²) in [6.45, 7) is 1.86. The first-order chi connectivity index (χ1) is 15.2. The molecule has 1 heterocycles. The first kappa shape index (κ1) is 21.3. The molecule has 3 aromatic rings. The molecule has 1 unspecified atom stereocenters. The van der Waals surface area contributed by atoms with Gasteiger partial charge in [-0.3, -0.25) is 4.79 Å². The van der Waals surface area contributed by atoms with Gasteiger partial charge in [0, 0.05) is 29.7 Å². The van der Waals surface area contributed by atoms with E-state index in [0.717, 1.165) is 42.1 Å². The number of ether oxygens (including phenoxy) is 1. The van der Waals surface area contributed by atoms with E-state index >= 15 is 0 Å². The third-order valence-corrected chi connectivity index (χ3v) is 6.88. The minimum Gasteiger partial charge on any atom is -0.497 e. The number of anilines is 1. The largest absolute Gasteiger partial charge is 0.497 e. The molecule has 4 rings (SSSR count). The molecule has 3 aromatic carbocycles. The lowest BCUT2D eigenvalue weighted by molar-refractivity contribution is -0.121. The van der Waals surface area contributed by atoms with Gasteiger partial charge in [0.25, 0.3) is 0 Å². The number of hydrogen-bond acceptors (Lipinski definition) is 4. The summed E-state index contributed by atoms with van der Waals surface area (Å²) in [6.07, 6.45) is 1.88. The van der Waals surface area contributed by atoms with Gasteiger partial charge < -0.3 is 15.0 Å². The molecule has 1 fully saturated rings. The maximum absolute atomic E-state index is 13.3. The van der Waals surface area contributed by atoms with Crippen molar-refractivity contribution in [2.75, 3.05) is 25.1 Å². The van der Waals surface area contributed by atoms with E-state index in [-0.39, 0.29) is 17.2 Å². The Morgan fingerprint density at radius 2 is 1.55 bits per heavy atom. The molecule has 31 heavy (non-hydrogen) atoms. The van der Waals surface area contributed by atoms with Gasteiger partial charge in [0.2, 0.25) is 5.91 Å². The number of thioether (sulfide) groups is 1. The maximum atomic E-state index is 13.3. The number of piperidine rings is 1. The summed E-state index contributed by atoms with van der Waals surface area (Å²) in [7, 11) is 1.68. The molecule has 4 nitrogen and oxygen atoms in total. The zero-order valence-corrected chi connectivity index (χ0v) is 18.6. The predicted octanol–water partition coefficient (Wildman–Crippen LogP) is 5.31. The summed E-state index contributed by atoms with van der Waals surface area (Å²) >= 11 is 1.61. The van der Waals surface area contributed by atoms with E-state index in [0.29, 0.717) is 0 Å². The number of nitrogens with zero attached hydrogens (tertiary/aromatic N) is 1. The second-order valence-electron chi connectivity index (χ2n) is 7.69. The van der Waals surface area contributed by atoms with Crippen LogP contribution < -0.4 is 15.0 Å². The summed E-state index contributed by atoms with van der Waals surface area (Å²) in [6, 6.07) is 28.6. The number of amides is 1. The van der Waals surface area contributed by atoms with E-state index in [1.165, 1.54) is 5.69 Å². The molecule has 5 heteroatoms. The smallest absolute Gasteiger partial charge is 0.238 e. The third kappa shape index (κ3) is 5.61. The van der Waals surface area contributed by atoms with Crippen LogP contribution >= 0.6 is 11.8 Å². The first-order valence-corrected chi connectivity index (χ1v) is 11.6. The Balaban J connectivity index is 1.38. The van der Waals surface area contributed by atoms with Crippen molar-refractivity contribution >= 4 is 23.4 Å². The van der Waals surface area contributed by atoms with E-state index in [4.69, 9.17) is 4.74 Å². The lowest BCUT2D eigenvalue weighted by Crippen LogP contribution is -2.45. The highest BCUT2D eigenvalue weighted by Crippen LogP contribution is 2.35. The molecule has 0 aliphatic carbocycles. The van der Waals surface area contributed by atoms with Gasteiger partial charge in [-0.05, 0) is 54.8 Å². The zero-order valence-electron chi connectivity index (χ0n) is 17.7. The van der Waals surface area contributed by atoms with Crippen molar-refractivity contribution in [2.24, 2.45) is 0 Å². The first-order valence-electron chi connectivity index (χ1n) is 10.7. The molecule has 0 aromatic heterocycles. The van der Waals surface area contributed by atoms with Crippen LogP contribution in [0, 0.1) is 0 Å². The van der Waals surface area contributed by atoms with Crippen molar-refractivity contribution in [2.45, 2.75) is 29.0 Å². The Kier molecular flexibility index (Phi) is 7.15. The van der Waals surface area contributed by atoms with Gasteiger partial charge in [-0.2, -0.15) is 0 Å². The summed E-state index contributed by atoms with van der Waals surface area (Å²) in [5.74, 6) is 0.955. The number of hydrogen-bond donors (Lipinski definition) is 1. The number of benzene rings is 3. The van der Waals surface area contributed by atoms with Crippen molar-refractivity contribution in [1.82, 2.24) is 5.32 Å². The van der Waals surface area contributed by atoms with Crippen LogP contribution in [0.5, 0.6) is 5.75 Å². The number of carbonyl (C=O) groups excluding carboxylic acids is 1. The lowest BCUT2D eigenvalue weighted by atomic mass is 10.0. The molecular formula is C26H28N2O2S. The van der Waals surface area contributed by atoms with Crippen LogP contribution in [0.3, 0.4) is 0 Å². The molecule has 160 valence electrons. The molecule has 1 saturated heterocycles. The van der Waals surface area contributed by atoms with E-state index in [9.17, 15) is 4.79 Å². The standard InChI is InChI=1S/C26H28N2O2S/c1-30-23-14-12-22(13-15-23)28-18-16-21(17-19-28)27-26(29)25(20-8-4-2-5-9-20)31-24-10-6-3-7-11-24/h2-15,21,25H,16-19H2,1H3,(H,27,29). The third-order valence-electron chi connectivity index (χ3n) is 5.62. The summed E-state index contributed by atoms with van der Waals surface area (Å²) < 4.78 is 5.25. The van der Waals surface area contributed by atoms with Crippen LogP contribution in [0.25, 0.3) is 0 Å². The van der Waals surface area contributed by atoms with E-state index < -0.39 is 0 Å². The minimum atomic E-state index is -0.261. The minimum absolute atomic E-state index is 0.0861. The highest BCUT2D eigenvalue weighted by atomic mass is 32.2. The molecule has 1 N–H and O–H groups in total. The van der Waals surface area contributed by atoms with Crippen LogP contribution in [0.15, 0.2) is 89.8 Å². The van der Waals surface area contributed by atoms with E-state index in [1.54, 1.807) is 18.9 Å². The van der Waals surface area contributed by atoms with Gasteiger partial charge >= 0.3 is 0 Å². The van der Waals surface area contributed by atoms with Crippen molar-refractivity contribution < 1.29 is 9.53 Å². The number of carbonyl (C=O) groups is 1. The fraction of sp³-hybridized carbons (Fsp3) is 0.269. The molecule has 0 spiro atoms. The SMILES string of the molecule is COc1ccc(N2CCC(NC(=O)C(Sc3ccccc3)c3ccccc3)CC2)cc1. The second kappa shape index (κ2) is 10.4. The Hall–Kier alpha value is -2.92. The highest BCUT2D eigenvalue weighted by molar-refractivity contribution is 8.00. The van der Waals surface area contributed by atoms with Crippen LogP contribution in [-0.4, -0.2) is 32.1 Å². The van der Waals surface area contributed by atoms with Crippen LogP contribution in [0.4, 0.5) is 5.69 Å². The van der Waals surface area contributed by atoms with Crippen LogP contribution in [0.1, 0.15) is 23.7 Å². The Morgan fingerprint density at radius 3 is 2.16 bits per heavy atom. The average molecular weight is 433 g/mol. The average Bonchev–Trinajstić information content (AvgIpc) is 2.84. The number of methoxy groups -OCH3 is 1. The monoisotopic (exact) mass is 432 g/mol. The van der Waals surface area contributed by atoms with Crippen molar-refractivity contribution in [3.8, 4) is 5.75 Å². The molecule has 0 saturated carbocycles. The number of nitrogens with one attached hydrogen (secondary N) is 1. The Bertz CT molecular complexity index is 956. The lowest BCUT2D eigenvalue weighted by Gasteiger charge is -2.34. The molecule has 1 amide bonds. The zero-order chi connectivity index (χ0) is 21.5. The molecule has 0 bridgehead atoms. The van der Waals surface area contributed by atoms with Gasteiger partial charge in [0.15, 0.2) is 0 Å². The van der Waals surface area contributed by atoms with Gasteiger partial charge in [-0.25, -0.2) is 0 Å². The normalized spacial score (nSPS) is 15.3. The molecule has 0 radical (unpaired) electrons. The predicted molar refractivity (Wildman–Crippen MR) is 128 cm³/mol. The molecular weight excluding hydrogens is 404 g/mol. The molecule has 1 aliphatic heterocycles.